The van der Waals surface area contributed by atoms with Gasteiger partial charge in [-0.1, -0.05) is 12.1 Å². The second kappa shape index (κ2) is 15.1. The fourth-order valence-electron chi connectivity index (χ4n) is 3.85. The molecule has 0 aliphatic carbocycles. The van der Waals surface area contributed by atoms with Gasteiger partial charge in [0, 0.05) is 12.8 Å². The summed E-state index contributed by atoms with van der Waals surface area (Å²) in [4.78, 5) is 61.9. The van der Waals surface area contributed by atoms with Crippen molar-refractivity contribution < 1.29 is 34.2 Å². The zero-order chi connectivity index (χ0) is 27.4. The Morgan fingerprint density at radius 1 is 1.03 bits per heavy atom. The average Bonchev–Trinajstić information content (AvgIpc) is 3.40. The van der Waals surface area contributed by atoms with Crippen molar-refractivity contribution in [3.8, 4) is 5.75 Å². The van der Waals surface area contributed by atoms with E-state index in [1.807, 2.05) is 6.26 Å². The second-order valence-corrected chi connectivity index (χ2v) is 9.81. The summed E-state index contributed by atoms with van der Waals surface area (Å²) in [6.07, 6.45) is 3.24. The molecule has 0 spiro atoms. The third-order valence-corrected chi connectivity index (χ3v) is 6.57. The summed E-state index contributed by atoms with van der Waals surface area (Å²) in [5.41, 5.74) is 5.79. The van der Waals surface area contributed by atoms with Gasteiger partial charge in [-0.2, -0.15) is 11.8 Å². The van der Waals surface area contributed by atoms with Crippen LogP contribution in [0.4, 0.5) is 0 Å². The molecule has 4 unspecified atom stereocenters. The lowest BCUT2D eigenvalue weighted by Gasteiger charge is -2.25. The fourth-order valence-corrected chi connectivity index (χ4v) is 4.32. The molecule has 0 saturated carbocycles. The number of nitrogens with one attached hydrogen (secondary N) is 4. The Labute approximate surface area is 219 Å². The number of primary amides is 1. The number of aliphatic carboxylic acids is 1. The number of hydrogen-bond donors (Lipinski definition) is 7. The molecule has 1 fully saturated rings. The molecule has 0 aromatic heterocycles. The van der Waals surface area contributed by atoms with Crippen molar-refractivity contribution in [1.82, 2.24) is 21.3 Å². The minimum absolute atomic E-state index is 0.0146. The van der Waals surface area contributed by atoms with Crippen molar-refractivity contribution >= 4 is 41.4 Å². The number of benzene rings is 1. The smallest absolute Gasteiger partial charge is 0.326 e. The van der Waals surface area contributed by atoms with Crippen LogP contribution in [0.25, 0.3) is 0 Å². The van der Waals surface area contributed by atoms with Crippen LogP contribution in [0.2, 0.25) is 0 Å². The van der Waals surface area contributed by atoms with Crippen molar-refractivity contribution in [3.05, 3.63) is 29.8 Å². The third-order valence-electron chi connectivity index (χ3n) is 5.92. The van der Waals surface area contributed by atoms with E-state index < -0.39 is 47.9 Å². The maximum absolute atomic E-state index is 13.1. The fraction of sp³-hybridized carbons (Fsp3) is 0.542. The molecule has 0 radical (unpaired) electrons. The minimum atomic E-state index is -1.33. The summed E-state index contributed by atoms with van der Waals surface area (Å²) in [6.45, 7) is 0.712. The first-order valence-corrected chi connectivity index (χ1v) is 13.4. The molecular weight excluding hydrogens is 502 g/mol. The van der Waals surface area contributed by atoms with Gasteiger partial charge in [0.15, 0.2) is 0 Å². The van der Waals surface area contributed by atoms with Crippen molar-refractivity contribution in [2.45, 2.75) is 62.7 Å². The van der Waals surface area contributed by atoms with Crippen LogP contribution in [0, 0.1) is 0 Å². The van der Waals surface area contributed by atoms with E-state index in [0.29, 0.717) is 30.7 Å². The Balaban J connectivity index is 2.12. The number of carbonyl (C=O) groups is 5. The quantitative estimate of drug-likeness (QED) is 0.150. The van der Waals surface area contributed by atoms with Gasteiger partial charge in [-0.25, -0.2) is 4.79 Å². The molecule has 1 aliphatic rings. The van der Waals surface area contributed by atoms with Crippen LogP contribution < -0.4 is 27.0 Å². The number of thioether (sulfide) groups is 1. The minimum Gasteiger partial charge on any atom is -0.508 e. The first-order valence-electron chi connectivity index (χ1n) is 12.0. The molecular formula is C24H35N5O7S. The number of carboxylic acid groups (broad SMARTS) is 1. The van der Waals surface area contributed by atoms with Crippen molar-refractivity contribution in [2.24, 2.45) is 5.73 Å². The number of phenolic OH excluding ortho intramolecular Hbond substituents is 1. The van der Waals surface area contributed by atoms with Crippen molar-refractivity contribution in [3.63, 3.8) is 0 Å². The van der Waals surface area contributed by atoms with E-state index in [-0.39, 0.29) is 30.9 Å². The summed E-state index contributed by atoms with van der Waals surface area (Å²) >= 11 is 1.49. The number of rotatable bonds is 15. The highest BCUT2D eigenvalue weighted by Gasteiger charge is 2.31. The van der Waals surface area contributed by atoms with E-state index in [4.69, 9.17) is 5.73 Å². The lowest BCUT2D eigenvalue weighted by molar-refractivity contribution is -0.142. The van der Waals surface area contributed by atoms with Crippen LogP contribution in [-0.4, -0.2) is 82.5 Å². The van der Waals surface area contributed by atoms with Gasteiger partial charge in [0.1, 0.15) is 23.9 Å². The van der Waals surface area contributed by atoms with Gasteiger partial charge in [0.25, 0.3) is 0 Å². The standard InChI is InChI=1S/C24H35N5O7S/c1-37-12-10-18(28-21(32)16-3-2-11-26-16)23(34)27-17(8-9-20(25)31)22(33)29-19(24(35)36)13-14-4-6-15(30)7-5-14/h4-7,16-19,26,30H,2-3,8-13H2,1H3,(H2,25,31)(H,27,34)(H,28,32)(H,29,33)(H,35,36). The van der Waals surface area contributed by atoms with Crippen molar-refractivity contribution in [1.29, 1.82) is 0 Å². The normalized spacial score (nSPS) is 17.3. The van der Waals surface area contributed by atoms with Crippen LogP contribution >= 0.6 is 11.8 Å². The van der Waals surface area contributed by atoms with Crippen LogP contribution in [0.3, 0.4) is 0 Å². The molecule has 37 heavy (non-hydrogen) atoms. The number of nitrogens with two attached hydrogens (primary N) is 1. The van der Waals surface area contributed by atoms with Crippen LogP contribution in [0.5, 0.6) is 5.75 Å². The zero-order valence-electron chi connectivity index (χ0n) is 20.7. The maximum Gasteiger partial charge on any atom is 0.326 e. The molecule has 4 atom stereocenters. The van der Waals surface area contributed by atoms with E-state index in [2.05, 4.69) is 21.3 Å². The number of amides is 4. The topological polar surface area (TPSA) is 200 Å². The Hall–Kier alpha value is -3.32. The summed E-state index contributed by atoms with van der Waals surface area (Å²) in [7, 11) is 0. The molecule has 12 nitrogen and oxygen atoms in total. The highest BCUT2D eigenvalue weighted by atomic mass is 32.2. The summed E-state index contributed by atoms with van der Waals surface area (Å²) < 4.78 is 0. The lowest BCUT2D eigenvalue weighted by Crippen LogP contribution is -2.57. The van der Waals surface area contributed by atoms with Gasteiger partial charge in [-0.3, -0.25) is 19.2 Å². The monoisotopic (exact) mass is 537 g/mol. The van der Waals surface area contributed by atoms with Gasteiger partial charge in [-0.05, 0) is 61.9 Å². The number of hydrogen-bond acceptors (Lipinski definition) is 8. The summed E-state index contributed by atoms with van der Waals surface area (Å²) in [5, 5.41) is 29.8. The van der Waals surface area contributed by atoms with E-state index in [1.54, 1.807) is 0 Å². The Morgan fingerprint density at radius 3 is 2.19 bits per heavy atom. The first-order chi connectivity index (χ1) is 17.6. The molecule has 1 aromatic carbocycles. The van der Waals surface area contributed by atoms with Crippen LogP contribution in [0.15, 0.2) is 24.3 Å². The largest absolute Gasteiger partial charge is 0.508 e. The number of phenols is 1. The van der Waals surface area contributed by atoms with Gasteiger partial charge in [0.05, 0.1) is 6.04 Å². The molecule has 8 N–H and O–H groups in total. The van der Waals surface area contributed by atoms with Gasteiger partial charge in [0.2, 0.25) is 23.6 Å². The predicted octanol–water partition coefficient (Wildman–Crippen LogP) is -0.756. The Bertz CT molecular complexity index is 953. The third kappa shape index (κ3) is 10.3. The highest BCUT2D eigenvalue weighted by molar-refractivity contribution is 7.98. The summed E-state index contributed by atoms with van der Waals surface area (Å²) in [5.74, 6) is -3.12. The average molecular weight is 538 g/mol. The first kappa shape index (κ1) is 29.9. The van der Waals surface area contributed by atoms with Crippen LogP contribution in [-0.2, 0) is 30.4 Å². The number of aromatic hydroxyl groups is 1. The Kier molecular flexibility index (Phi) is 12.2. The molecule has 204 valence electrons. The van der Waals surface area contributed by atoms with E-state index in [9.17, 15) is 34.2 Å². The number of carbonyl (C=O) groups excluding carboxylic acids is 4. The maximum atomic E-state index is 13.1. The molecule has 1 aliphatic heterocycles. The van der Waals surface area contributed by atoms with E-state index >= 15 is 0 Å². The SMILES string of the molecule is CSCCC(NC(=O)C1CCCN1)C(=O)NC(CCC(N)=O)C(=O)NC(Cc1ccc(O)cc1)C(=O)O. The second-order valence-electron chi connectivity index (χ2n) is 8.83. The zero-order valence-corrected chi connectivity index (χ0v) is 21.5. The molecule has 0 bridgehead atoms. The molecule has 13 heteroatoms. The van der Waals surface area contributed by atoms with E-state index in [1.165, 1.54) is 36.0 Å². The molecule has 1 aromatic rings. The molecule has 1 saturated heterocycles. The van der Waals surface area contributed by atoms with Gasteiger partial charge < -0.3 is 37.2 Å². The Morgan fingerprint density at radius 2 is 1.65 bits per heavy atom. The lowest BCUT2D eigenvalue weighted by atomic mass is 10.0. The van der Waals surface area contributed by atoms with Gasteiger partial charge in [-0.15, -0.1) is 0 Å². The summed E-state index contributed by atoms with van der Waals surface area (Å²) in [6, 6.07) is 1.97. The van der Waals surface area contributed by atoms with E-state index in [0.717, 1.165) is 6.42 Å². The van der Waals surface area contributed by atoms with Crippen LogP contribution in [0.1, 0.15) is 37.7 Å². The predicted molar refractivity (Wildman–Crippen MR) is 138 cm³/mol. The molecule has 2 rings (SSSR count). The van der Waals surface area contributed by atoms with Crippen molar-refractivity contribution in [2.75, 3.05) is 18.6 Å². The van der Waals surface area contributed by atoms with Gasteiger partial charge >= 0.3 is 5.97 Å². The molecule has 4 amide bonds. The highest BCUT2D eigenvalue weighted by Crippen LogP contribution is 2.12. The number of carboxylic acids is 1. The molecule has 1 heterocycles.